The number of thiophene rings is 2. The molecule has 0 atom stereocenters. The van der Waals surface area contributed by atoms with Crippen molar-refractivity contribution in [1.82, 2.24) is 8.80 Å². The number of anilines is 6. The lowest BCUT2D eigenvalue weighted by Gasteiger charge is -2.29. The molecule has 6 heteroatoms. The summed E-state index contributed by atoms with van der Waals surface area (Å²) in [6, 6.07) is 86.5. The van der Waals surface area contributed by atoms with Crippen LogP contribution in [0, 0.1) is 13.8 Å². The molecule has 0 N–H and O–H groups in total. The molecule has 17 rings (SSSR count). The Balaban J connectivity index is 0.947. The van der Waals surface area contributed by atoms with Gasteiger partial charge in [-0.05, 0) is 133 Å². The number of hydrogen-bond donors (Lipinski definition) is 0. The van der Waals surface area contributed by atoms with Crippen LogP contribution in [0.25, 0.3) is 119 Å². The third kappa shape index (κ3) is 6.10. The van der Waals surface area contributed by atoms with Crippen LogP contribution in [0.1, 0.15) is 11.1 Å². The summed E-state index contributed by atoms with van der Waals surface area (Å²) in [5.41, 5.74) is 21.5. The first-order valence-electron chi connectivity index (χ1n) is 26.7. The van der Waals surface area contributed by atoms with E-state index in [2.05, 4.69) is 274 Å². The fraction of sp³-hybridized carbons (Fsp3) is 0.0278. The van der Waals surface area contributed by atoms with Gasteiger partial charge in [-0.1, -0.05) is 145 Å². The van der Waals surface area contributed by atoms with Crippen LogP contribution in [0.3, 0.4) is 0 Å². The molecule has 0 unspecified atom stereocenters. The molecule has 0 aliphatic carbocycles. The Kier molecular flexibility index (Phi) is 9.27. The Morgan fingerprint density at radius 1 is 0.308 bits per heavy atom. The van der Waals surface area contributed by atoms with Gasteiger partial charge in [-0.15, -0.1) is 22.7 Å². The van der Waals surface area contributed by atoms with E-state index >= 15 is 0 Å². The predicted molar refractivity (Wildman–Crippen MR) is 336 cm³/mol. The highest BCUT2D eigenvalue weighted by Gasteiger charge is 2.30. The molecule has 0 aliphatic heterocycles. The second-order valence-corrected chi connectivity index (χ2v) is 22.9. The monoisotopic (exact) mass is 1030 g/mol. The number of rotatable bonds is 8. The van der Waals surface area contributed by atoms with Crippen LogP contribution < -0.4 is 9.80 Å². The molecule has 0 bridgehead atoms. The van der Waals surface area contributed by atoms with Crippen LogP contribution in [0.2, 0.25) is 0 Å². The van der Waals surface area contributed by atoms with Gasteiger partial charge in [0.25, 0.3) is 0 Å². The van der Waals surface area contributed by atoms with E-state index in [1.54, 1.807) is 22.7 Å². The first-order valence-corrected chi connectivity index (χ1v) is 28.5. The van der Waals surface area contributed by atoms with Crippen LogP contribution in [0.15, 0.2) is 241 Å². The molecule has 0 radical (unpaired) electrons. The number of fused-ring (bicyclic) bond motifs is 14. The fourth-order valence-corrected chi connectivity index (χ4v) is 14.9. The maximum atomic E-state index is 2.56. The Morgan fingerprint density at radius 3 is 1.14 bits per heavy atom. The van der Waals surface area contributed by atoms with Crippen molar-refractivity contribution < 1.29 is 0 Å². The van der Waals surface area contributed by atoms with Gasteiger partial charge in [-0.3, -0.25) is 0 Å². The highest BCUT2D eigenvalue weighted by atomic mass is 32.1. The van der Waals surface area contributed by atoms with E-state index in [9.17, 15) is 0 Å². The maximum Gasteiger partial charge on any atom is 0.0641 e. The lowest BCUT2D eigenvalue weighted by molar-refractivity contribution is 1.29. The average Bonchev–Trinajstić information content (AvgIpc) is 4.42. The summed E-state index contributed by atoms with van der Waals surface area (Å²) in [5.74, 6) is 0. The lowest BCUT2D eigenvalue weighted by Crippen LogP contribution is -2.12. The molecule has 0 fully saturated rings. The van der Waals surface area contributed by atoms with Crippen LogP contribution in [-0.2, 0) is 0 Å². The Hall–Kier alpha value is -9.46. The molecule has 0 saturated heterocycles. The number of aryl methyl sites for hydroxylation is 2. The molecule has 17 aromatic rings. The third-order valence-corrected chi connectivity index (χ3v) is 18.4. The molecular formula is C72H46N4S2. The van der Waals surface area contributed by atoms with Gasteiger partial charge in [0.1, 0.15) is 0 Å². The fourth-order valence-electron chi connectivity index (χ4n) is 13.3. The molecule has 0 spiro atoms. The summed E-state index contributed by atoms with van der Waals surface area (Å²) in [7, 11) is 0. The van der Waals surface area contributed by atoms with Crippen molar-refractivity contribution in [3.63, 3.8) is 0 Å². The van der Waals surface area contributed by atoms with Gasteiger partial charge in [-0.25, -0.2) is 0 Å². The van der Waals surface area contributed by atoms with Crippen molar-refractivity contribution in [3.8, 4) is 22.3 Å². The van der Waals surface area contributed by atoms with E-state index in [-0.39, 0.29) is 0 Å². The van der Waals surface area contributed by atoms with E-state index in [0.717, 1.165) is 34.1 Å². The van der Waals surface area contributed by atoms with Crippen molar-refractivity contribution >= 4 is 153 Å². The van der Waals surface area contributed by atoms with Gasteiger partial charge in [-0.2, -0.15) is 0 Å². The van der Waals surface area contributed by atoms with E-state index in [0.29, 0.717) is 0 Å². The molecular weight excluding hydrogens is 985 g/mol. The summed E-state index contributed by atoms with van der Waals surface area (Å²) in [6.45, 7) is 4.34. The first-order chi connectivity index (χ1) is 38.6. The number of hydrogen-bond acceptors (Lipinski definition) is 4. The molecule has 4 nitrogen and oxygen atoms in total. The molecule has 0 aliphatic rings. The normalized spacial score (nSPS) is 12.2. The molecule has 0 amide bonds. The van der Waals surface area contributed by atoms with Crippen molar-refractivity contribution in [1.29, 1.82) is 0 Å². The zero-order valence-corrected chi connectivity index (χ0v) is 44.3. The van der Waals surface area contributed by atoms with E-state index in [4.69, 9.17) is 0 Å². The zero-order valence-electron chi connectivity index (χ0n) is 42.7. The van der Waals surface area contributed by atoms with Gasteiger partial charge in [0.15, 0.2) is 0 Å². The number of para-hydroxylation sites is 2. The largest absolute Gasteiger partial charge is 0.309 e. The third-order valence-electron chi connectivity index (χ3n) is 16.7. The Bertz CT molecular complexity index is 4890. The van der Waals surface area contributed by atoms with Crippen molar-refractivity contribution in [2.24, 2.45) is 0 Å². The molecule has 0 saturated carbocycles. The van der Waals surface area contributed by atoms with Crippen LogP contribution >= 0.6 is 22.7 Å². The smallest absolute Gasteiger partial charge is 0.0641 e. The van der Waals surface area contributed by atoms with Gasteiger partial charge in [0.05, 0.1) is 55.8 Å². The molecule has 78 heavy (non-hydrogen) atoms. The number of benzene rings is 11. The summed E-state index contributed by atoms with van der Waals surface area (Å²) in [5, 5.41) is 16.9. The summed E-state index contributed by atoms with van der Waals surface area (Å²) in [6.07, 6.45) is 0. The van der Waals surface area contributed by atoms with E-state index in [1.807, 2.05) is 0 Å². The van der Waals surface area contributed by atoms with Crippen LogP contribution in [-0.4, -0.2) is 8.80 Å². The van der Waals surface area contributed by atoms with Gasteiger partial charge in [0.2, 0.25) is 0 Å². The molecule has 6 aromatic heterocycles. The van der Waals surface area contributed by atoms with Crippen molar-refractivity contribution in [3.05, 3.63) is 252 Å². The van der Waals surface area contributed by atoms with Crippen molar-refractivity contribution in [2.75, 3.05) is 9.80 Å². The van der Waals surface area contributed by atoms with Gasteiger partial charge >= 0.3 is 0 Å². The van der Waals surface area contributed by atoms with Crippen LogP contribution in [0.4, 0.5) is 34.1 Å². The topological polar surface area (TPSA) is 15.3 Å². The van der Waals surface area contributed by atoms with Crippen molar-refractivity contribution in [2.45, 2.75) is 13.8 Å². The quantitative estimate of drug-likeness (QED) is 0.151. The minimum Gasteiger partial charge on any atom is -0.309 e. The summed E-state index contributed by atoms with van der Waals surface area (Å²) < 4.78 is 7.69. The standard InChI is InChI=1S/C72H46N4S2/c1-43-21-25-47(26-22-43)73(59-33-35-65-53(37-39-77-65)67(59)45-13-5-3-6-14-45)61-31-29-49-55-41-64-56(42-63(55)75-57-19-11-9-17-51(57)69(61)71(49)75)50-30-32-62(70-52-18-10-12-20-58(52)76(64)72(50)70)74(48-27-23-44(2)24-28-48)60-34-36-66-54(38-40-78-66)68(60)46-15-7-4-8-16-46/h3-42H,1-2H3. The summed E-state index contributed by atoms with van der Waals surface area (Å²) in [4.78, 5) is 5.05. The molecule has 11 aromatic carbocycles. The Morgan fingerprint density at radius 2 is 0.705 bits per heavy atom. The minimum absolute atomic E-state index is 1.12. The van der Waals surface area contributed by atoms with E-state index < -0.39 is 0 Å². The second-order valence-electron chi connectivity index (χ2n) is 21.0. The first kappa shape index (κ1) is 43.7. The average molecular weight is 1030 g/mol. The Labute approximate surface area is 457 Å². The second kappa shape index (κ2) is 16.5. The van der Waals surface area contributed by atoms with Gasteiger partial charge in [0, 0.05) is 85.8 Å². The highest BCUT2D eigenvalue weighted by molar-refractivity contribution is 7.17. The van der Waals surface area contributed by atoms with Gasteiger partial charge < -0.3 is 18.6 Å². The lowest BCUT2D eigenvalue weighted by atomic mass is 9.97. The molecule has 6 heterocycles. The maximum absolute atomic E-state index is 2.56. The SMILES string of the molecule is Cc1ccc(N(c2ccc3sccc3c2-c2ccccc2)c2ccc3c4cc5c(cc4n4c6ccccc6c2c34)c2ccc(N(c3ccc(C)cc3)c3ccc4sccc4c3-c3ccccc3)c3c4ccccc4n5c23)cc1. The highest BCUT2D eigenvalue weighted by Crippen LogP contribution is 2.54. The van der Waals surface area contributed by atoms with Crippen LogP contribution in [0.5, 0.6) is 0 Å². The number of nitrogens with zero attached hydrogens (tertiary/aromatic N) is 4. The minimum atomic E-state index is 1.12. The van der Waals surface area contributed by atoms with E-state index in [1.165, 1.54) is 130 Å². The molecule has 366 valence electrons. The zero-order chi connectivity index (χ0) is 51.3. The summed E-state index contributed by atoms with van der Waals surface area (Å²) >= 11 is 3.60. The number of aromatic nitrogens is 2. The predicted octanol–water partition coefficient (Wildman–Crippen LogP) is 21.3.